The molecule has 0 spiro atoms. The van der Waals surface area contributed by atoms with Gasteiger partial charge in [-0.1, -0.05) is 6.92 Å². The van der Waals surface area contributed by atoms with E-state index in [1.165, 1.54) is 0 Å². The molecule has 0 aliphatic carbocycles. The van der Waals surface area contributed by atoms with Gasteiger partial charge >= 0.3 is 0 Å². The summed E-state index contributed by atoms with van der Waals surface area (Å²) in [6.45, 7) is 8.93. The summed E-state index contributed by atoms with van der Waals surface area (Å²) < 4.78 is 5.35. The van der Waals surface area contributed by atoms with E-state index in [4.69, 9.17) is 10.5 Å². The van der Waals surface area contributed by atoms with Crippen LogP contribution in [0.4, 0.5) is 0 Å². The van der Waals surface area contributed by atoms with E-state index in [1.54, 1.807) is 6.92 Å². The van der Waals surface area contributed by atoms with Gasteiger partial charge in [-0.3, -0.25) is 4.79 Å². The maximum Gasteiger partial charge on any atom is 0.239 e. The van der Waals surface area contributed by atoms with E-state index >= 15 is 0 Å². The Morgan fingerprint density at radius 3 is 2.60 bits per heavy atom. The van der Waals surface area contributed by atoms with Crippen molar-refractivity contribution >= 4 is 5.91 Å². The molecule has 0 aliphatic heterocycles. The SMILES string of the molecule is CCC(C)(N)C(=O)NCCCOC(C)C. The van der Waals surface area contributed by atoms with Crippen molar-refractivity contribution in [2.45, 2.75) is 52.2 Å². The zero-order valence-corrected chi connectivity index (χ0v) is 10.3. The first-order chi connectivity index (χ1) is 6.90. The van der Waals surface area contributed by atoms with Crippen LogP contribution >= 0.6 is 0 Å². The summed E-state index contributed by atoms with van der Waals surface area (Å²) in [6, 6.07) is 0. The van der Waals surface area contributed by atoms with Gasteiger partial charge in [0.05, 0.1) is 11.6 Å². The second-order valence-electron chi connectivity index (χ2n) is 4.30. The molecule has 1 unspecified atom stereocenters. The summed E-state index contributed by atoms with van der Waals surface area (Å²) in [6.07, 6.45) is 1.71. The molecule has 15 heavy (non-hydrogen) atoms. The normalized spacial score (nSPS) is 15.1. The smallest absolute Gasteiger partial charge is 0.239 e. The Hall–Kier alpha value is -0.610. The summed E-state index contributed by atoms with van der Waals surface area (Å²) in [4.78, 5) is 11.5. The summed E-state index contributed by atoms with van der Waals surface area (Å²) >= 11 is 0. The maximum atomic E-state index is 11.5. The molecule has 4 nitrogen and oxygen atoms in total. The average molecular weight is 216 g/mol. The number of rotatable bonds is 7. The number of carbonyl (C=O) groups excluding carboxylic acids is 1. The van der Waals surface area contributed by atoms with E-state index in [0.29, 0.717) is 19.6 Å². The first kappa shape index (κ1) is 14.4. The van der Waals surface area contributed by atoms with Gasteiger partial charge in [0.2, 0.25) is 5.91 Å². The third kappa shape index (κ3) is 6.47. The molecule has 1 amide bonds. The van der Waals surface area contributed by atoms with Crippen molar-refractivity contribution in [2.24, 2.45) is 5.73 Å². The molecule has 4 heteroatoms. The monoisotopic (exact) mass is 216 g/mol. The highest BCUT2D eigenvalue weighted by Crippen LogP contribution is 2.03. The highest BCUT2D eigenvalue weighted by atomic mass is 16.5. The van der Waals surface area contributed by atoms with Gasteiger partial charge in [-0.2, -0.15) is 0 Å². The predicted octanol–water partition coefficient (Wildman–Crippen LogP) is 1.05. The molecular weight excluding hydrogens is 192 g/mol. The number of carbonyl (C=O) groups is 1. The maximum absolute atomic E-state index is 11.5. The Kier molecular flexibility index (Phi) is 6.52. The average Bonchev–Trinajstić information content (AvgIpc) is 2.16. The molecule has 0 aromatic rings. The van der Waals surface area contributed by atoms with Crippen molar-refractivity contribution < 1.29 is 9.53 Å². The van der Waals surface area contributed by atoms with Crippen LogP contribution in [0.3, 0.4) is 0 Å². The van der Waals surface area contributed by atoms with Crippen LogP contribution < -0.4 is 11.1 Å². The molecule has 90 valence electrons. The van der Waals surface area contributed by atoms with Crippen LogP contribution in [-0.2, 0) is 9.53 Å². The van der Waals surface area contributed by atoms with Crippen molar-refractivity contribution in [1.82, 2.24) is 5.32 Å². The minimum Gasteiger partial charge on any atom is -0.379 e. The minimum absolute atomic E-state index is 0.0884. The van der Waals surface area contributed by atoms with Crippen molar-refractivity contribution in [3.8, 4) is 0 Å². The largest absolute Gasteiger partial charge is 0.379 e. The van der Waals surface area contributed by atoms with Crippen LogP contribution in [0, 0.1) is 0 Å². The number of hydrogen-bond donors (Lipinski definition) is 2. The lowest BCUT2D eigenvalue weighted by Crippen LogP contribution is -2.51. The van der Waals surface area contributed by atoms with Crippen molar-refractivity contribution in [3.05, 3.63) is 0 Å². The summed E-state index contributed by atoms with van der Waals surface area (Å²) in [5.41, 5.74) is 5.03. The van der Waals surface area contributed by atoms with E-state index in [-0.39, 0.29) is 12.0 Å². The van der Waals surface area contributed by atoms with Crippen LogP contribution in [0.2, 0.25) is 0 Å². The van der Waals surface area contributed by atoms with E-state index in [0.717, 1.165) is 6.42 Å². The van der Waals surface area contributed by atoms with Crippen molar-refractivity contribution in [1.29, 1.82) is 0 Å². The molecule has 0 fully saturated rings. The molecule has 0 saturated heterocycles. The summed E-state index contributed by atoms with van der Waals surface area (Å²) in [5, 5.41) is 2.80. The molecule has 0 aromatic carbocycles. The number of nitrogens with two attached hydrogens (primary N) is 1. The number of ether oxygens (including phenoxy) is 1. The number of hydrogen-bond acceptors (Lipinski definition) is 3. The second kappa shape index (κ2) is 6.80. The topological polar surface area (TPSA) is 64.4 Å². The van der Waals surface area contributed by atoms with E-state index in [2.05, 4.69) is 5.32 Å². The fourth-order valence-corrected chi connectivity index (χ4v) is 0.956. The standard InChI is InChI=1S/C11H24N2O2/c1-5-11(4,12)10(14)13-7-6-8-15-9(2)3/h9H,5-8,12H2,1-4H3,(H,13,14). The van der Waals surface area contributed by atoms with Crippen molar-refractivity contribution in [3.63, 3.8) is 0 Å². The molecule has 0 rings (SSSR count). The zero-order valence-electron chi connectivity index (χ0n) is 10.3. The number of amides is 1. The molecule has 0 aliphatic rings. The molecule has 0 saturated carbocycles. The van der Waals surface area contributed by atoms with E-state index < -0.39 is 5.54 Å². The van der Waals surface area contributed by atoms with Gasteiger partial charge in [0, 0.05) is 13.2 Å². The lowest BCUT2D eigenvalue weighted by molar-refractivity contribution is -0.125. The lowest BCUT2D eigenvalue weighted by Gasteiger charge is -2.21. The fraction of sp³-hybridized carbons (Fsp3) is 0.909. The molecule has 0 aromatic heterocycles. The van der Waals surface area contributed by atoms with Gasteiger partial charge < -0.3 is 15.8 Å². The summed E-state index contributed by atoms with van der Waals surface area (Å²) in [5.74, 6) is -0.0884. The molecule has 1 atom stereocenters. The zero-order chi connectivity index (χ0) is 11.9. The van der Waals surface area contributed by atoms with Crippen LogP contribution in [0.15, 0.2) is 0 Å². The van der Waals surface area contributed by atoms with Crippen molar-refractivity contribution in [2.75, 3.05) is 13.2 Å². The Balaban J connectivity index is 3.56. The highest BCUT2D eigenvalue weighted by molar-refractivity contribution is 5.85. The Morgan fingerprint density at radius 2 is 2.13 bits per heavy atom. The predicted molar refractivity (Wildman–Crippen MR) is 61.6 cm³/mol. The third-order valence-electron chi connectivity index (χ3n) is 2.31. The number of nitrogens with one attached hydrogen (secondary N) is 1. The highest BCUT2D eigenvalue weighted by Gasteiger charge is 2.24. The van der Waals surface area contributed by atoms with Crippen LogP contribution in [0.1, 0.15) is 40.5 Å². The van der Waals surface area contributed by atoms with Gasteiger partial charge in [-0.05, 0) is 33.6 Å². The molecule has 0 radical (unpaired) electrons. The van der Waals surface area contributed by atoms with Crippen LogP contribution in [0.5, 0.6) is 0 Å². The molecular formula is C11H24N2O2. The first-order valence-corrected chi connectivity index (χ1v) is 5.59. The summed E-state index contributed by atoms with van der Waals surface area (Å²) in [7, 11) is 0. The van der Waals surface area contributed by atoms with E-state index in [9.17, 15) is 4.79 Å². The van der Waals surface area contributed by atoms with Gasteiger partial charge in [-0.15, -0.1) is 0 Å². The molecule has 0 bridgehead atoms. The Morgan fingerprint density at radius 1 is 1.53 bits per heavy atom. The second-order valence-corrected chi connectivity index (χ2v) is 4.30. The third-order valence-corrected chi connectivity index (χ3v) is 2.31. The lowest BCUT2D eigenvalue weighted by atomic mass is 10.00. The Bertz CT molecular complexity index is 191. The van der Waals surface area contributed by atoms with E-state index in [1.807, 2.05) is 20.8 Å². The van der Waals surface area contributed by atoms with Gasteiger partial charge in [-0.25, -0.2) is 0 Å². The van der Waals surface area contributed by atoms with Gasteiger partial charge in [0.25, 0.3) is 0 Å². The van der Waals surface area contributed by atoms with Crippen LogP contribution in [0.25, 0.3) is 0 Å². The Labute approximate surface area is 92.6 Å². The molecule has 0 heterocycles. The fourth-order valence-electron chi connectivity index (χ4n) is 0.956. The first-order valence-electron chi connectivity index (χ1n) is 5.59. The van der Waals surface area contributed by atoms with Crippen LogP contribution in [-0.4, -0.2) is 30.7 Å². The molecule has 3 N–H and O–H groups in total. The quantitative estimate of drug-likeness (QED) is 0.625. The van der Waals surface area contributed by atoms with Gasteiger partial charge in [0.15, 0.2) is 0 Å². The minimum atomic E-state index is -0.751. The van der Waals surface area contributed by atoms with Gasteiger partial charge in [0.1, 0.15) is 0 Å².